The molecule has 2 aromatic carbocycles. The van der Waals surface area contributed by atoms with Crippen molar-refractivity contribution < 1.29 is 13.2 Å². The molecular weight excluding hydrogens is 418 g/mol. The van der Waals surface area contributed by atoms with Gasteiger partial charge in [-0.1, -0.05) is 46.3 Å². The first kappa shape index (κ1) is 18.6. The number of carbonyl (C=O) groups excluding carboxylic acids is 1. The van der Waals surface area contributed by atoms with Crippen LogP contribution in [0.2, 0.25) is 0 Å². The second kappa shape index (κ2) is 7.20. The molecule has 1 heterocycles. The summed E-state index contributed by atoms with van der Waals surface area (Å²) in [5.41, 5.74) is 1.52. The van der Waals surface area contributed by atoms with E-state index < -0.39 is 10.0 Å². The summed E-state index contributed by atoms with van der Waals surface area (Å²) in [7, 11) is -0.309. The van der Waals surface area contributed by atoms with E-state index in [9.17, 15) is 13.2 Å². The van der Waals surface area contributed by atoms with E-state index in [0.717, 1.165) is 10.0 Å². The number of fused-ring (bicyclic) bond motifs is 1. The van der Waals surface area contributed by atoms with Crippen LogP contribution in [0.25, 0.3) is 0 Å². The fraction of sp³-hybridized carbons (Fsp3) is 0.222. The predicted octanol–water partition coefficient (Wildman–Crippen LogP) is 2.49. The van der Waals surface area contributed by atoms with Crippen molar-refractivity contribution in [3.05, 3.63) is 64.1 Å². The summed E-state index contributed by atoms with van der Waals surface area (Å²) >= 11 is 3.47. The summed E-state index contributed by atoms with van der Waals surface area (Å²) < 4.78 is 29.1. The van der Waals surface area contributed by atoms with Crippen molar-refractivity contribution in [2.75, 3.05) is 20.6 Å². The molecule has 0 radical (unpaired) electrons. The Morgan fingerprint density at radius 3 is 2.46 bits per heavy atom. The lowest BCUT2D eigenvalue weighted by atomic mass is 10.2. The van der Waals surface area contributed by atoms with Crippen molar-refractivity contribution in [2.24, 2.45) is 4.40 Å². The van der Waals surface area contributed by atoms with E-state index in [1.807, 2.05) is 24.3 Å². The minimum Gasteiger partial charge on any atom is -0.349 e. The van der Waals surface area contributed by atoms with Crippen LogP contribution in [0.1, 0.15) is 11.1 Å². The van der Waals surface area contributed by atoms with Crippen molar-refractivity contribution in [1.82, 2.24) is 9.80 Å². The van der Waals surface area contributed by atoms with Gasteiger partial charge in [0.15, 0.2) is 5.84 Å². The molecule has 8 heteroatoms. The topological polar surface area (TPSA) is 70.1 Å². The number of carbonyl (C=O) groups is 1. The number of rotatable bonds is 4. The van der Waals surface area contributed by atoms with Gasteiger partial charge in [-0.3, -0.25) is 4.79 Å². The molecule has 136 valence electrons. The molecule has 6 nitrogen and oxygen atoms in total. The van der Waals surface area contributed by atoms with Crippen LogP contribution in [0.4, 0.5) is 0 Å². The molecule has 0 aromatic heterocycles. The van der Waals surface area contributed by atoms with Crippen molar-refractivity contribution in [3.8, 4) is 0 Å². The molecule has 3 rings (SSSR count). The van der Waals surface area contributed by atoms with E-state index in [1.54, 1.807) is 42.1 Å². The lowest BCUT2D eigenvalue weighted by Crippen LogP contribution is -2.39. The van der Waals surface area contributed by atoms with Gasteiger partial charge >= 0.3 is 0 Å². The molecular formula is C18H18BrN3O3S. The van der Waals surface area contributed by atoms with Crippen LogP contribution in [0.3, 0.4) is 0 Å². The maximum Gasteiger partial charge on any atom is 0.285 e. The average Bonchev–Trinajstić information content (AvgIpc) is 2.89. The Morgan fingerprint density at radius 1 is 1.08 bits per heavy atom. The molecule has 0 unspecified atom stereocenters. The largest absolute Gasteiger partial charge is 0.349 e. The zero-order valence-electron chi connectivity index (χ0n) is 14.4. The fourth-order valence-electron chi connectivity index (χ4n) is 2.73. The monoisotopic (exact) mass is 435 g/mol. The van der Waals surface area contributed by atoms with Gasteiger partial charge in [0.1, 0.15) is 4.90 Å². The SMILES string of the molecule is CN(Cc1ccccc1Br)C(=O)CN(C)C1=NS(=O)(=O)c2ccccc21. The van der Waals surface area contributed by atoms with Crippen molar-refractivity contribution in [2.45, 2.75) is 11.4 Å². The van der Waals surface area contributed by atoms with Crippen LogP contribution in [-0.4, -0.2) is 50.6 Å². The first-order valence-electron chi connectivity index (χ1n) is 7.92. The van der Waals surface area contributed by atoms with Crippen LogP contribution in [0.5, 0.6) is 0 Å². The lowest BCUT2D eigenvalue weighted by molar-refractivity contribution is -0.130. The maximum absolute atomic E-state index is 12.6. The van der Waals surface area contributed by atoms with Gasteiger partial charge in [-0.25, -0.2) is 0 Å². The molecule has 0 atom stereocenters. The van der Waals surface area contributed by atoms with Crippen molar-refractivity contribution in [1.29, 1.82) is 0 Å². The number of amidine groups is 1. The molecule has 0 N–H and O–H groups in total. The minimum absolute atomic E-state index is 0.0314. The second-order valence-corrected chi connectivity index (χ2v) is 8.51. The van der Waals surface area contributed by atoms with Gasteiger partial charge in [-0.2, -0.15) is 8.42 Å². The van der Waals surface area contributed by atoms with Crippen molar-refractivity contribution >= 4 is 37.7 Å². The van der Waals surface area contributed by atoms with Gasteiger partial charge in [-0.05, 0) is 23.8 Å². The van der Waals surface area contributed by atoms with E-state index in [1.165, 1.54) is 6.07 Å². The molecule has 0 aliphatic carbocycles. The van der Waals surface area contributed by atoms with E-state index in [-0.39, 0.29) is 17.3 Å². The van der Waals surface area contributed by atoms with Crippen LogP contribution in [0, 0.1) is 0 Å². The predicted molar refractivity (Wildman–Crippen MR) is 103 cm³/mol. The Kier molecular flexibility index (Phi) is 5.15. The van der Waals surface area contributed by atoms with E-state index >= 15 is 0 Å². The van der Waals surface area contributed by atoms with Gasteiger partial charge in [0.2, 0.25) is 5.91 Å². The molecule has 1 amide bonds. The number of halogens is 1. The Morgan fingerprint density at radius 2 is 1.73 bits per heavy atom. The van der Waals surface area contributed by atoms with E-state index in [4.69, 9.17) is 0 Å². The molecule has 26 heavy (non-hydrogen) atoms. The van der Waals surface area contributed by atoms with Crippen LogP contribution < -0.4 is 0 Å². The van der Waals surface area contributed by atoms with Crippen molar-refractivity contribution in [3.63, 3.8) is 0 Å². The van der Waals surface area contributed by atoms with E-state index in [2.05, 4.69) is 20.3 Å². The average molecular weight is 436 g/mol. The summed E-state index contributed by atoms with van der Waals surface area (Å²) in [6.07, 6.45) is 0. The number of sulfonamides is 1. The second-order valence-electron chi connectivity index (χ2n) is 6.08. The van der Waals surface area contributed by atoms with E-state index in [0.29, 0.717) is 17.9 Å². The first-order valence-corrected chi connectivity index (χ1v) is 10.2. The Bertz CT molecular complexity index is 989. The number of hydrogen-bond donors (Lipinski definition) is 0. The standard InChI is InChI=1S/C18H18BrN3O3S/c1-21(11-13-7-3-5-9-15(13)19)17(23)12-22(2)18-14-8-4-6-10-16(14)26(24,25)20-18/h3-10H,11-12H2,1-2H3. The van der Waals surface area contributed by atoms with Crippen LogP contribution >= 0.6 is 15.9 Å². The quantitative estimate of drug-likeness (QED) is 0.739. The van der Waals surface area contributed by atoms with Crippen LogP contribution in [-0.2, 0) is 21.4 Å². The number of likely N-dealkylation sites (N-methyl/N-ethyl adjacent to an activating group) is 2. The number of amides is 1. The Labute approximate surface area is 161 Å². The van der Waals surface area contributed by atoms with Gasteiger partial charge < -0.3 is 9.80 Å². The molecule has 0 spiro atoms. The minimum atomic E-state index is -3.69. The highest BCUT2D eigenvalue weighted by Gasteiger charge is 2.31. The molecule has 0 bridgehead atoms. The molecule has 0 saturated heterocycles. The summed E-state index contributed by atoms with van der Waals surface area (Å²) in [5.74, 6) is 0.163. The Hall–Kier alpha value is -2.19. The highest BCUT2D eigenvalue weighted by Crippen LogP contribution is 2.27. The molecule has 1 aliphatic rings. The van der Waals surface area contributed by atoms with Gasteiger partial charge in [0.05, 0.1) is 6.54 Å². The third-order valence-corrected chi connectivity index (χ3v) is 6.24. The molecule has 2 aromatic rings. The molecule has 0 saturated carbocycles. The normalized spacial score (nSPS) is 14.5. The van der Waals surface area contributed by atoms with Crippen LogP contribution in [0.15, 0.2) is 62.3 Å². The first-order chi connectivity index (χ1) is 12.3. The van der Waals surface area contributed by atoms with Gasteiger partial charge in [0, 0.05) is 30.7 Å². The fourth-order valence-corrected chi connectivity index (χ4v) is 4.39. The van der Waals surface area contributed by atoms with Gasteiger partial charge in [-0.15, -0.1) is 4.40 Å². The summed E-state index contributed by atoms with van der Waals surface area (Å²) in [6, 6.07) is 14.3. The molecule has 0 fully saturated rings. The summed E-state index contributed by atoms with van der Waals surface area (Å²) in [5, 5.41) is 0. The van der Waals surface area contributed by atoms with Gasteiger partial charge in [0.25, 0.3) is 10.0 Å². The third kappa shape index (κ3) is 3.66. The highest BCUT2D eigenvalue weighted by molar-refractivity contribution is 9.10. The number of hydrogen-bond acceptors (Lipinski definition) is 4. The third-order valence-electron chi connectivity index (χ3n) is 4.14. The molecule has 1 aliphatic heterocycles. The number of benzene rings is 2. The maximum atomic E-state index is 12.6. The smallest absolute Gasteiger partial charge is 0.285 e. The number of nitrogens with zero attached hydrogens (tertiary/aromatic N) is 3. The highest BCUT2D eigenvalue weighted by atomic mass is 79.9. The zero-order valence-corrected chi connectivity index (χ0v) is 16.8. The lowest BCUT2D eigenvalue weighted by Gasteiger charge is -2.23. The Balaban J connectivity index is 1.73. The zero-order chi connectivity index (χ0) is 18.9. The summed E-state index contributed by atoms with van der Waals surface area (Å²) in [6.45, 7) is 0.485. The summed E-state index contributed by atoms with van der Waals surface area (Å²) in [4.78, 5) is 15.9.